The van der Waals surface area contributed by atoms with Crippen LogP contribution in [0.1, 0.15) is 38.2 Å². The van der Waals surface area contributed by atoms with E-state index in [4.69, 9.17) is 5.11 Å². The van der Waals surface area contributed by atoms with Gasteiger partial charge in [-0.3, -0.25) is 0 Å². The first-order valence-electron chi connectivity index (χ1n) is 7.78. The van der Waals surface area contributed by atoms with E-state index in [1.807, 2.05) is 12.1 Å². The van der Waals surface area contributed by atoms with Crippen LogP contribution in [0, 0.1) is 5.92 Å². The van der Waals surface area contributed by atoms with E-state index < -0.39 is 10.0 Å². The highest BCUT2D eigenvalue weighted by Crippen LogP contribution is 2.25. The van der Waals surface area contributed by atoms with Crippen LogP contribution >= 0.6 is 0 Å². The van der Waals surface area contributed by atoms with Crippen molar-refractivity contribution < 1.29 is 13.5 Å². The van der Waals surface area contributed by atoms with Crippen LogP contribution in [0.15, 0.2) is 29.2 Å². The quantitative estimate of drug-likeness (QED) is 0.878. The first kappa shape index (κ1) is 16.5. The minimum atomic E-state index is -3.39. The number of hydrogen-bond acceptors (Lipinski definition) is 3. The van der Waals surface area contributed by atoms with Crippen LogP contribution in [-0.4, -0.2) is 37.5 Å². The summed E-state index contributed by atoms with van der Waals surface area (Å²) >= 11 is 0. The van der Waals surface area contributed by atoms with Crippen molar-refractivity contribution in [1.82, 2.24) is 4.31 Å². The van der Waals surface area contributed by atoms with E-state index in [-0.39, 0.29) is 12.5 Å². The van der Waals surface area contributed by atoms with Crippen LogP contribution < -0.4 is 0 Å². The number of aliphatic hydroxyl groups excluding tert-OH is 1. The van der Waals surface area contributed by atoms with E-state index in [1.165, 1.54) is 5.56 Å². The Hall–Kier alpha value is -0.910. The Labute approximate surface area is 127 Å². The molecular weight excluding hydrogens is 286 g/mol. The first-order valence-corrected chi connectivity index (χ1v) is 9.22. The average molecular weight is 311 g/mol. The fourth-order valence-electron chi connectivity index (χ4n) is 2.93. The Bertz CT molecular complexity index is 537. The van der Waals surface area contributed by atoms with Crippen LogP contribution in [0.4, 0.5) is 0 Å². The normalized spacial score (nSPS) is 20.6. The molecule has 0 aliphatic carbocycles. The maximum atomic E-state index is 12.7. The Balaban J connectivity index is 2.13. The van der Waals surface area contributed by atoms with Crippen molar-refractivity contribution in [1.29, 1.82) is 0 Å². The largest absolute Gasteiger partial charge is 0.396 e. The van der Waals surface area contributed by atoms with Crippen molar-refractivity contribution in [2.45, 2.75) is 43.9 Å². The van der Waals surface area contributed by atoms with E-state index in [0.29, 0.717) is 24.4 Å². The minimum Gasteiger partial charge on any atom is -0.396 e. The van der Waals surface area contributed by atoms with Gasteiger partial charge in [0.05, 0.1) is 4.90 Å². The molecule has 118 valence electrons. The van der Waals surface area contributed by atoms with Gasteiger partial charge in [-0.15, -0.1) is 0 Å². The third-order valence-corrected chi connectivity index (χ3v) is 6.00. The Morgan fingerprint density at radius 3 is 2.62 bits per heavy atom. The van der Waals surface area contributed by atoms with Crippen molar-refractivity contribution >= 4 is 10.0 Å². The van der Waals surface area contributed by atoms with Crippen LogP contribution in [0.2, 0.25) is 0 Å². The summed E-state index contributed by atoms with van der Waals surface area (Å²) in [6.45, 7) is 3.35. The monoisotopic (exact) mass is 311 g/mol. The molecule has 1 atom stereocenters. The number of aryl methyl sites for hydroxylation is 1. The van der Waals surface area contributed by atoms with Gasteiger partial charge in [0.1, 0.15) is 0 Å². The van der Waals surface area contributed by atoms with Crippen LogP contribution in [0.25, 0.3) is 0 Å². The van der Waals surface area contributed by atoms with Gasteiger partial charge in [0.15, 0.2) is 0 Å². The topological polar surface area (TPSA) is 57.6 Å². The highest BCUT2D eigenvalue weighted by molar-refractivity contribution is 7.89. The van der Waals surface area contributed by atoms with Gasteiger partial charge in [-0.1, -0.05) is 25.5 Å². The lowest BCUT2D eigenvalue weighted by molar-refractivity contribution is 0.203. The molecule has 5 heteroatoms. The highest BCUT2D eigenvalue weighted by Gasteiger charge is 2.29. The maximum Gasteiger partial charge on any atom is 0.243 e. The smallest absolute Gasteiger partial charge is 0.243 e. The molecule has 1 fully saturated rings. The van der Waals surface area contributed by atoms with E-state index in [2.05, 4.69) is 6.92 Å². The lowest BCUT2D eigenvalue weighted by Gasteiger charge is -2.31. The van der Waals surface area contributed by atoms with Crippen LogP contribution in [0.5, 0.6) is 0 Å². The Morgan fingerprint density at radius 2 is 2.00 bits per heavy atom. The number of benzene rings is 1. The lowest BCUT2D eigenvalue weighted by atomic mass is 9.97. The molecule has 1 aliphatic heterocycles. The molecule has 0 bridgehead atoms. The van der Waals surface area contributed by atoms with Gasteiger partial charge in [0.2, 0.25) is 10.0 Å². The van der Waals surface area contributed by atoms with Crippen LogP contribution in [-0.2, 0) is 16.4 Å². The average Bonchev–Trinajstić information content (AvgIpc) is 2.49. The zero-order chi connectivity index (χ0) is 15.3. The van der Waals surface area contributed by atoms with Gasteiger partial charge >= 0.3 is 0 Å². The molecule has 1 saturated heterocycles. The van der Waals surface area contributed by atoms with Crippen molar-refractivity contribution in [2.24, 2.45) is 5.92 Å². The van der Waals surface area contributed by atoms with E-state index in [0.717, 1.165) is 25.7 Å². The number of aliphatic hydroxyl groups is 1. The molecular formula is C16H25NO3S. The summed E-state index contributed by atoms with van der Waals surface area (Å²) in [6.07, 6.45) is 4.59. The number of rotatable bonds is 6. The molecule has 0 aromatic heterocycles. The molecule has 0 amide bonds. The molecule has 1 aliphatic rings. The highest BCUT2D eigenvalue weighted by atomic mass is 32.2. The second-order valence-electron chi connectivity index (χ2n) is 5.78. The number of piperidine rings is 1. The molecule has 21 heavy (non-hydrogen) atoms. The molecule has 1 aromatic rings. The molecule has 0 saturated carbocycles. The third-order valence-electron chi connectivity index (χ3n) is 4.12. The minimum absolute atomic E-state index is 0.129. The van der Waals surface area contributed by atoms with Gasteiger partial charge in [0.25, 0.3) is 0 Å². The summed E-state index contributed by atoms with van der Waals surface area (Å²) in [6, 6.07) is 7.25. The summed E-state index contributed by atoms with van der Waals surface area (Å²) in [5.41, 5.74) is 1.17. The molecule has 0 radical (unpaired) electrons. The SMILES string of the molecule is CCCc1ccc(S(=O)(=O)N2CCCC(CCO)C2)cc1. The molecule has 2 rings (SSSR count). The lowest BCUT2D eigenvalue weighted by Crippen LogP contribution is -2.40. The summed E-state index contributed by atoms with van der Waals surface area (Å²) in [7, 11) is -3.39. The standard InChI is InChI=1S/C16H25NO3S/c1-2-4-14-6-8-16(9-7-14)21(19,20)17-11-3-5-15(13-17)10-12-18/h6-9,15,18H,2-5,10-13H2,1H3. The van der Waals surface area contributed by atoms with Gasteiger partial charge in [-0.25, -0.2) is 8.42 Å². The zero-order valence-electron chi connectivity index (χ0n) is 12.7. The maximum absolute atomic E-state index is 12.7. The molecule has 1 N–H and O–H groups in total. The molecule has 1 heterocycles. The second-order valence-corrected chi connectivity index (χ2v) is 7.72. The number of sulfonamides is 1. The Kier molecular flexibility index (Phi) is 5.79. The molecule has 0 spiro atoms. The van der Waals surface area contributed by atoms with Gasteiger partial charge in [-0.2, -0.15) is 4.31 Å². The van der Waals surface area contributed by atoms with Crippen molar-refractivity contribution in [3.8, 4) is 0 Å². The van der Waals surface area contributed by atoms with Gasteiger partial charge in [0, 0.05) is 19.7 Å². The van der Waals surface area contributed by atoms with Crippen LogP contribution in [0.3, 0.4) is 0 Å². The third kappa shape index (κ3) is 4.05. The van der Waals surface area contributed by atoms with Gasteiger partial charge in [-0.05, 0) is 49.3 Å². The van der Waals surface area contributed by atoms with Crippen molar-refractivity contribution in [2.75, 3.05) is 19.7 Å². The van der Waals surface area contributed by atoms with Crippen molar-refractivity contribution in [3.05, 3.63) is 29.8 Å². The fraction of sp³-hybridized carbons (Fsp3) is 0.625. The number of hydrogen-bond donors (Lipinski definition) is 1. The molecule has 1 unspecified atom stereocenters. The summed E-state index contributed by atoms with van der Waals surface area (Å²) in [5, 5.41) is 9.04. The van der Waals surface area contributed by atoms with E-state index >= 15 is 0 Å². The second kappa shape index (κ2) is 7.38. The predicted octanol–water partition coefficient (Wildman–Crippen LogP) is 2.42. The fourth-order valence-corrected chi connectivity index (χ4v) is 4.48. The predicted molar refractivity (Wildman–Crippen MR) is 83.6 cm³/mol. The first-order chi connectivity index (χ1) is 10.1. The van der Waals surface area contributed by atoms with E-state index in [1.54, 1.807) is 16.4 Å². The molecule has 1 aromatic carbocycles. The van der Waals surface area contributed by atoms with Gasteiger partial charge < -0.3 is 5.11 Å². The summed E-state index contributed by atoms with van der Waals surface area (Å²) in [4.78, 5) is 0.381. The zero-order valence-corrected chi connectivity index (χ0v) is 13.5. The summed E-state index contributed by atoms with van der Waals surface area (Å²) < 4.78 is 26.9. The van der Waals surface area contributed by atoms with Crippen molar-refractivity contribution in [3.63, 3.8) is 0 Å². The number of nitrogens with zero attached hydrogens (tertiary/aromatic N) is 1. The Morgan fingerprint density at radius 1 is 1.29 bits per heavy atom. The van der Waals surface area contributed by atoms with E-state index in [9.17, 15) is 8.42 Å². The molecule has 4 nitrogen and oxygen atoms in total. The summed E-state index contributed by atoms with van der Waals surface area (Å²) in [5.74, 6) is 0.276.